The number of para-hydroxylation sites is 1. The Hall–Kier alpha value is -3.03. The molecule has 0 unspecified atom stereocenters. The number of aromatic nitrogens is 4. The monoisotopic (exact) mass is 438 g/mol. The van der Waals surface area contributed by atoms with E-state index in [-0.39, 0.29) is 0 Å². The highest BCUT2D eigenvalue weighted by Gasteiger charge is 2.17. The summed E-state index contributed by atoms with van der Waals surface area (Å²) < 4.78 is 13.0. The highest BCUT2D eigenvalue weighted by Crippen LogP contribution is 2.32. The van der Waals surface area contributed by atoms with E-state index in [1.165, 1.54) is 11.8 Å². The van der Waals surface area contributed by atoms with Crippen LogP contribution in [0.1, 0.15) is 5.76 Å². The summed E-state index contributed by atoms with van der Waals surface area (Å²) in [6, 6.07) is 17.2. The molecule has 152 valence electrons. The maximum atomic E-state index is 5.95. The normalized spacial score (nSPS) is 10.9. The zero-order chi connectivity index (χ0) is 20.9. The van der Waals surface area contributed by atoms with Crippen LogP contribution in [0.15, 0.2) is 76.9 Å². The van der Waals surface area contributed by atoms with E-state index in [1.807, 2.05) is 65.2 Å². The molecule has 8 heteroatoms. The maximum Gasteiger partial charge on any atom is 0.192 e. The van der Waals surface area contributed by atoms with E-state index in [0.29, 0.717) is 17.3 Å². The van der Waals surface area contributed by atoms with E-state index in [2.05, 4.69) is 21.9 Å². The molecule has 0 aliphatic carbocycles. The van der Waals surface area contributed by atoms with Crippen LogP contribution in [-0.4, -0.2) is 27.0 Å². The number of ether oxygens (including phenoxy) is 1. The fourth-order valence-corrected chi connectivity index (χ4v) is 3.94. The molecule has 30 heavy (non-hydrogen) atoms. The molecule has 0 bridgehead atoms. The maximum absolute atomic E-state index is 5.95. The third-order valence-electron chi connectivity index (χ3n) is 4.42. The molecule has 6 nitrogen and oxygen atoms in total. The Bertz CT molecular complexity index is 1150. The minimum Gasteiger partial charge on any atom is -0.496 e. The lowest BCUT2D eigenvalue weighted by atomic mass is 10.1. The quantitative estimate of drug-likeness (QED) is 0.258. The van der Waals surface area contributed by atoms with Crippen LogP contribution in [0.4, 0.5) is 0 Å². The fraction of sp³-hybridized carbons (Fsp3) is 0.136. The van der Waals surface area contributed by atoms with Gasteiger partial charge in [-0.3, -0.25) is 4.57 Å². The molecule has 0 N–H and O–H groups in total. The van der Waals surface area contributed by atoms with Gasteiger partial charge in [0.15, 0.2) is 11.0 Å². The largest absolute Gasteiger partial charge is 0.496 e. The van der Waals surface area contributed by atoms with Crippen molar-refractivity contribution in [3.8, 4) is 28.4 Å². The van der Waals surface area contributed by atoms with E-state index in [9.17, 15) is 0 Å². The Balaban J connectivity index is 1.55. The number of methoxy groups -OCH3 is 1. The minimum atomic E-state index is 0.571. The highest BCUT2D eigenvalue weighted by atomic mass is 35.5. The fourth-order valence-electron chi connectivity index (χ4n) is 2.99. The summed E-state index contributed by atoms with van der Waals surface area (Å²) in [5, 5.41) is 14.4. The van der Waals surface area contributed by atoms with Crippen molar-refractivity contribution in [3.05, 3.63) is 78.0 Å². The molecule has 2 aromatic heterocycles. The molecule has 0 radical (unpaired) electrons. The summed E-state index contributed by atoms with van der Waals surface area (Å²) in [5.41, 5.74) is 2.60. The van der Waals surface area contributed by atoms with E-state index in [4.69, 9.17) is 20.9 Å². The van der Waals surface area contributed by atoms with Crippen LogP contribution in [0, 0.1) is 0 Å². The molecular formula is C22H19ClN4O2S. The molecule has 0 amide bonds. The second-order valence-electron chi connectivity index (χ2n) is 6.38. The SMILES string of the molecule is C=CCn1c(SCc2cc(-c3ccc(Cl)cc3)no2)nnc1-c1ccccc1OC. The Morgan fingerprint density at radius 3 is 2.73 bits per heavy atom. The smallest absolute Gasteiger partial charge is 0.192 e. The average molecular weight is 439 g/mol. The number of rotatable bonds is 8. The second-order valence-corrected chi connectivity index (χ2v) is 7.76. The van der Waals surface area contributed by atoms with Crippen LogP contribution >= 0.6 is 23.4 Å². The number of allylic oxidation sites excluding steroid dienone is 1. The van der Waals surface area contributed by atoms with E-state index >= 15 is 0 Å². The Kier molecular flexibility index (Phi) is 6.21. The second kappa shape index (κ2) is 9.19. The molecule has 2 aromatic carbocycles. The van der Waals surface area contributed by atoms with Gasteiger partial charge in [0.2, 0.25) is 0 Å². The number of halogens is 1. The number of hydrogen-bond donors (Lipinski definition) is 0. The molecule has 0 aliphatic heterocycles. The van der Waals surface area contributed by atoms with Gasteiger partial charge in [-0.15, -0.1) is 16.8 Å². The van der Waals surface area contributed by atoms with Crippen molar-refractivity contribution in [3.63, 3.8) is 0 Å². The summed E-state index contributed by atoms with van der Waals surface area (Å²) in [7, 11) is 1.64. The van der Waals surface area contributed by atoms with Crippen molar-refractivity contribution >= 4 is 23.4 Å². The first-order valence-electron chi connectivity index (χ1n) is 9.21. The number of thioether (sulfide) groups is 1. The minimum absolute atomic E-state index is 0.571. The molecule has 2 heterocycles. The van der Waals surface area contributed by atoms with Crippen molar-refractivity contribution in [2.45, 2.75) is 17.5 Å². The van der Waals surface area contributed by atoms with Gasteiger partial charge in [0.25, 0.3) is 0 Å². The van der Waals surface area contributed by atoms with Crippen molar-refractivity contribution < 1.29 is 9.26 Å². The predicted octanol–water partition coefficient (Wildman–Crippen LogP) is 5.74. The molecule has 4 aromatic rings. The zero-order valence-electron chi connectivity index (χ0n) is 16.3. The first-order chi connectivity index (χ1) is 14.7. The topological polar surface area (TPSA) is 66.0 Å². The van der Waals surface area contributed by atoms with E-state index in [1.54, 1.807) is 7.11 Å². The standard InChI is InChI=1S/C22H19ClN4O2S/c1-3-12-27-21(18-6-4-5-7-20(18)28-2)24-25-22(27)30-14-17-13-19(26-29-17)15-8-10-16(23)11-9-15/h3-11,13H,1,12,14H2,2H3. The van der Waals surface area contributed by atoms with Gasteiger partial charge >= 0.3 is 0 Å². The van der Waals surface area contributed by atoms with Gasteiger partial charge in [-0.25, -0.2) is 0 Å². The molecule has 0 atom stereocenters. The van der Waals surface area contributed by atoms with E-state index in [0.717, 1.165) is 39.3 Å². The molecule has 0 spiro atoms. The van der Waals surface area contributed by atoms with Crippen LogP contribution in [0.25, 0.3) is 22.6 Å². The van der Waals surface area contributed by atoms with Gasteiger partial charge in [0.05, 0.1) is 18.4 Å². The Morgan fingerprint density at radius 2 is 1.97 bits per heavy atom. The van der Waals surface area contributed by atoms with Gasteiger partial charge in [-0.05, 0) is 24.3 Å². The van der Waals surface area contributed by atoms with Crippen molar-refractivity contribution in [2.24, 2.45) is 0 Å². The lowest BCUT2D eigenvalue weighted by Crippen LogP contribution is -2.01. The summed E-state index contributed by atoms with van der Waals surface area (Å²) in [6.07, 6.45) is 1.82. The van der Waals surface area contributed by atoms with Crippen LogP contribution in [0.5, 0.6) is 5.75 Å². The summed E-state index contributed by atoms with van der Waals surface area (Å²) >= 11 is 7.48. The van der Waals surface area contributed by atoms with Crippen LogP contribution in [0.2, 0.25) is 5.02 Å². The van der Waals surface area contributed by atoms with E-state index < -0.39 is 0 Å². The van der Waals surface area contributed by atoms with Gasteiger partial charge in [-0.1, -0.05) is 58.9 Å². The van der Waals surface area contributed by atoms with Gasteiger partial charge in [0.1, 0.15) is 17.2 Å². The van der Waals surface area contributed by atoms with Gasteiger partial charge in [-0.2, -0.15) is 0 Å². The third-order valence-corrected chi connectivity index (χ3v) is 5.66. The highest BCUT2D eigenvalue weighted by molar-refractivity contribution is 7.98. The molecular weight excluding hydrogens is 420 g/mol. The van der Waals surface area contributed by atoms with Crippen LogP contribution in [0.3, 0.4) is 0 Å². The van der Waals surface area contributed by atoms with Crippen molar-refractivity contribution in [1.82, 2.24) is 19.9 Å². The van der Waals surface area contributed by atoms with Crippen LogP contribution < -0.4 is 4.74 Å². The van der Waals surface area contributed by atoms with Gasteiger partial charge < -0.3 is 9.26 Å². The Labute approximate surface area is 183 Å². The molecule has 0 fully saturated rings. The first-order valence-corrected chi connectivity index (χ1v) is 10.6. The number of nitrogens with zero attached hydrogens (tertiary/aromatic N) is 4. The van der Waals surface area contributed by atoms with Gasteiger partial charge in [0, 0.05) is 23.2 Å². The zero-order valence-corrected chi connectivity index (χ0v) is 17.9. The predicted molar refractivity (Wildman–Crippen MR) is 119 cm³/mol. The number of hydrogen-bond acceptors (Lipinski definition) is 6. The number of benzene rings is 2. The first kappa shape index (κ1) is 20.3. The molecule has 0 saturated carbocycles. The summed E-state index contributed by atoms with van der Waals surface area (Å²) in [6.45, 7) is 4.44. The lowest BCUT2D eigenvalue weighted by Gasteiger charge is -2.10. The Morgan fingerprint density at radius 1 is 1.17 bits per heavy atom. The average Bonchev–Trinajstić information content (AvgIpc) is 3.40. The molecule has 4 rings (SSSR count). The van der Waals surface area contributed by atoms with Crippen molar-refractivity contribution in [2.75, 3.05) is 7.11 Å². The van der Waals surface area contributed by atoms with Crippen molar-refractivity contribution in [1.29, 1.82) is 0 Å². The summed E-state index contributed by atoms with van der Waals surface area (Å²) in [5.74, 6) is 2.79. The third kappa shape index (κ3) is 4.27. The molecule has 0 saturated heterocycles. The molecule has 0 aliphatic rings. The lowest BCUT2D eigenvalue weighted by molar-refractivity contribution is 0.397. The summed E-state index contributed by atoms with van der Waals surface area (Å²) in [4.78, 5) is 0. The van der Waals surface area contributed by atoms with Crippen LogP contribution in [-0.2, 0) is 12.3 Å².